The van der Waals surface area contributed by atoms with E-state index in [1.54, 1.807) is 6.20 Å². The number of nitrogens with zero attached hydrogens (tertiary/aromatic N) is 2. The smallest absolute Gasteiger partial charge is 0.142 e. The molecule has 4 aliphatic carbocycles. The molecule has 2 atom stereocenters. The van der Waals surface area contributed by atoms with Crippen LogP contribution in [0.25, 0.3) is 0 Å². The Bertz CT molecular complexity index is 612. The molecule has 4 fully saturated rings. The van der Waals surface area contributed by atoms with Crippen molar-refractivity contribution in [2.45, 2.75) is 57.9 Å². The molecule has 0 aliphatic heterocycles. The van der Waals surface area contributed by atoms with Gasteiger partial charge in [-0.1, -0.05) is 13.8 Å². The largest absolute Gasteiger partial charge is 0.379 e. The zero-order valence-electron chi connectivity index (χ0n) is 12.9. The van der Waals surface area contributed by atoms with Crippen LogP contribution in [-0.4, -0.2) is 10.5 Å². The fourth-order valence-corrected chi connectivity index (χ4v) is 6.46. The molecule has 1 N–H and O–H groups in total. The standard InChI is InChI=1S/C18H23N3/c1-16-6-13-7-17(2,10-16)12-18(8-13,11-16)21-14-3-4-20-15(5-14)9-19/h3-5,13H,6-8,10-12H2,1-2H3,(H,20,21). The van der Waals surface area contributed by atoms with Gasteiger partial charge in [-0.2, -0.15) is 5.26 Å². The minimum absolute atomic E-state index is 0.233. The number of nitrogens with one attached hydrogen (secondary N) is 1. The summed E-state index contributed by atoms with van der Waals surface area (Å²) in [5, 5.41) is 12.9. The molecule has 1 aromatic heterocycles. The van der Waals surface area contributed by atoms with E-state index >= 15 is 0 Å². The lowest BCUT2D eigenvalue weighted by Crippen LogP contribution is -2.61. The van der Waals surface area contributed by atoms with Crippen LogP contribution in [0.2, 0.25) is 0 Å². The van der Waals surface area contributed by atoms with Crippen molar-refractivity contribution in [2.75, 3.05) is 5.32 Å². The number of hydrogen-bond donors (Lipinski definition) is 1. The van der Waals surface area contributed by atoms with Crippen molar-refractivity contribution in [2.24, 2.45) is 16.7 Å². The predicted octanol–water partition coefficient (Wildman–Crippen LogP) is 4.11. The van der Waals surface area contributed by atoms with Gasteiger partial charge in [-0.15, -0.1) is 0 Å². The van der Waals surface area contributed by atoms with Crippen LogP contribution in [0.15, 0.2) is 18.3 Å². The molecule has 21 heavy (non-hydrogen) atoms. The van der Waals surface area contributed by atoms with Crippen molar-refractivity contribution in [1.29, 1.82) is 5.26 Å². The van der Waals surface area contributed by atoms with Crippen molar-refractivity contribution < 1.29 is 0 Å². The van der Waals surface area contributed by atoms with E-state index < -0.39 is 0 Å². The van der Waals surface area contributed by atoms with Crippen LogP contribution in [0.5, 0.6) is 0 Å². The first-order valence-corrected chi connectivity index (χ1v) is 8.06. The third-order valence-corrected chi connectivity index (χ3v) is 5.91. The molecule has 4 aliphatic rings. The highest BCUT2D eigenvalue weighted by Gasteiger charge is 2.60. The van der Waals surface area contributed by atoms with Gasteiger partial charge in [-0.3, -0.25) is 0 Å². The van der Waals surface area contributed by atoms with Gasteiger partial charge in [0.15, 0.2) is 0 Å². The highest BCUT2D eigenvalue weighted by molar-refractivity contribution is 5.49. The summed E-state index contributed by atoms with van der Waals surface area (Å²) >= 11 is 0. The fraction of sp³-hybridized carbons (Fsp3) is 0.667. The summed E-state index contributed by atoms with van der Waals surface area (Å²) in [7, 11) is 0. The first-order chi connectivity index (χ1) is 9.92. The first-order valence-electron chi connectivity index (χ1n) is 8.06. The number of hydrogen-bond acceptors (Lipinski definition) is 3. The summed E-state index contributed by atoms with van der Waals surface area (Å²) in [6.07, 6.45) is 9.79. The van der Waals surface area contributed by atoms with Crippen LogP contribution in [-0.2, 0) is 0 Å². The van der Waals surface area contributed by atoms with Gasteiger partial charge in [0.2, 0.25) is 0 Å². The highest BCUT2D eigenvalue weighted by atomic mass is 15.0. The molecule has 110 valence electrons. The topological polar surface area (TPSA) is 48.7 Å². The maximum atomic E-state index is 9.03. The van der Waals surface area contributed by atoms with E-state index in [9.17, 15) is 0 Å². The summed E-state index contributed by atoms with van der Waals surface area (Å²) in [6.45, 7) is 4.97. The van der Waals surface area contributed by atoms with Crippen LogP contribution < -0.4 is 5.32 Å². The molecular weight excluding hydrogens is 258 g/mol. The molecule has 0 saturated heterocycles. The Labute approximate surface area is 126 Å². The van der Waals surface area contributed by atoms with Crippen molar-refractivity contribution in [1.82, 2.24) is 4.98 Å². The lowest BCUT2D eigenvalue weighted by molar-refractivity contribution is -0.0972. The second-order valence-electron chi connectivity index (χ2n) is 8.58. The average Bonchev–Trinajstić information content (AvgIpc) is 2.33. The SMILES string of the molecule is CC12CC3CC(C)(C1)CC(Nc1ccnc(C#N)c1)(C3)C2. The summed E-state index contributed by atoms with van der Waals surface area (Å²) in [4.78, 5) is 4.08. The van der Waals surface area contributed by atoms with Crippen molar-refractivity contribution in [3.05, 3.63) is 24.0 Å². The maximum Gasteiger partial charge on any atom is 0.142 e. The molecule has 2 unspecified atom stereocenters. The zero-order valence-corrected chi connectivity index (χ0v) is 12.9. The Hall–Kier alpha value is -1.56. The van der Waals surface area contributed by atoms with Gasteiger partial charge in [-0.05, 0) is 67.4 Å². The highest BCUT2D eigenvalue weighted by Crippen LogP contribution is 2.66. The average molecular weight is 281 g/mol. The molecule has 0 radical (unpaired) electrons. The molecule has 1 aromatic rings. The predicted molar refractivity (Wildman–Crippen MR) is 82.7 cm³/mol. The minimum atomic E-state index is 0.233. The molecule has 3 heteroatoms. The molecule has 4 saturated carbocycles. The number of aromatic nitrogens is 1. The number of nitriles is 1. The van der Waals surface area contributed by atoms with Gasteiger partial charge in [0.1, 0.15) is 11.8 Å². The lowest BCUT2D eigenvalue weighted by Gasteiger charge is -2.65. The van der Waals surface area contributed by atoms with E-state index in [1.165, 1.54) is 38.5 Å². The summed E-state index contributed by atoms with van der Waals surface area (Å²) in [5.41, 5.74) is 2.81. The number of pyridine rings is 1. The van der Waals surface area contributed by atoms with Crippen LogP contribution in [0.3, 0.4) is 0 Å². The zero-order chi connectivity index (χ0) is 14.7. The van der Waals surface area contributed by atoms with Gasteiger partial charge in [0, 0.05) is 17.4 Å². The Morgan fingerprint density at radius 2 is 1.90 bits per heavy atom. The van der Waals surface area contributed by atoms with E-state index in [-0.39, 0.29) is 5.54 Å². The number of anilines is 1. The van der Waals surface area contributed by atoms with Gasteiger partial charge in [0.05, 0.1) is 0 Å². The monoisotopic (exact) mass is 281 g/mol. The Balaban J connectivity index is 1.66. The second kappa shape index (κ2) is 4.00. The molecular formula is C18H23N3. The van der Waals surface area contributed by atoms with E-state index in [4.69, 9.17) is 5.26 Å². The summed E-state index contributed by atoms with van der Waals surface area (Å²) in [6, 6.07) is 6.04. The third kappa shape index (κ3) is 2.12. The quantitative estimate of drug-likeness (QED) is 0.887. The Morgan fingerprint density at radius 3 is 2.52 bits per heavy atom. The van der Waals surface area contributed by atoms with E-state index in [1.807, 2.05) is 12.1 Å². The molecule has 3 nitrogen and oxygen atoms in total. The summed E-state index contributed by atoms with van der Waals surface area (Å²) in [5.74, 6) is 0.876. The van der Waals surface area contributed by atoms with Crippen molar-refractivity contribution >= 4 is 5.69 Å². The van der Waals surface area contributed by atoms with Crippen molar-refractivity contribution in [3.8, 4) is 6.07 Å². The summed E-state index contributed by atoms with van der Waals surface area (Å²) < 4.78 is 0. The van der Waals surface area contributed by atoms with Crippen LogP contribution in [0.4, 0.5) is 5.69 Å². The second-order valence-corrected chi connectivity index (χ2v) is 8.58. The molecule has 1 heterocycles. The number of rotatable bonds is 2. The molecule has 5 rings (SSSR count). The normalized spacial score (nSPS) is 43.6. The molecule has 4 bridgehead atoms. The Morgan fingerprint density at radius 1 is 1.19 bits per heavy atom. The Kier molecular flexibility index (Phi) is 2.50. The lowest BCUT2D eigenvalue weighted by atomic mass is 9.43. The first kappa shape index (κ1) is 13.1. The minimum Gasteiger partial charge on any atom is -0.379 e. The van der Waals surface area contributed by atoms with E-state index in [0.717, 1.165) is 11.6 Å². The van der Waals surface area contributed by atoms with E-state index in [2.05, 4.69) is 30.2 Å². The van der Waals surface area contributed by atoms with Gasteiger partial charge in [0.25, 0.3) is 0 Å². The molecule has 0 spiro atoms. The molecule has 0 aromatic carbocycles. The van der Waals surface area contributed by atoms with Crippen molar-refractivity contribution in [3.63, 3.8) is 0 Å². The van der Waals surface area contributed by atoms with Gasteiger partial charge < -0.3 is 5.32 Å². The molecule has 0 amide bonds. The fourth-order valence-electron chi connectivity index (χ4n) is 6.46. The van der Waals surface area contributed by atoms with Crippen LogP contribution in [0, 0.1) is 28.1 Å². The third-order valence-electron chi connectivity index (χ3n) is 5.91. The van der Waals surface area contributed by atoms with E-state index in [0.29, 0.717) is 16.5 Å². The van der Waals surface area contributed by atoms with Gasteiger partial charge >= 0.3 is 0 Å². The maximum absolute atomic E-state index is 9.03. The van der Waals surface area contributed by atoms with Crippen LogP contribution in [0.1, 0.15) is 58.1 Å². The van der Waals surface area contributed by atoms with Crippen LogP contribution >= 0.6 is 0 Å². The van der Waals surface area contributed by atoms with Gasteiger partial charge in [-0.25, -0.2) is 4.98 Å².